The molecule has 0 saturated carbocycles. The summed E-state index contributed by atoms with van der Waals surface area (Å²) in [6, 6.07) is 3.30. The zero-order chi connectivity index (χ0) is 8.43. The van der Waals surface area contributed by atoms with Crippen LogP contribution in [0.4, 0.5) is 4.39 Å². The molecule has 0 radical (unpaired) electrons. The first-order valence-electron chi connectivity index (χ1n) is 2.84. The molecule has 4 heteroatoms. The molecule has 0 aromatic heterocycles. The van der Waals surface area contributed by atoms with E-state index in [4.69, 9.17) is 0 Å². The summed E-state index contributed by atoms with van der Waals surface area (Å²) in [5.41, 5.74) is 0.933. The van der Waals surface area contributed by atoms with Crippen molar-refractivity contribution >= 4 is 54.5 Å². The Morgan fingerprint density at radius 3 is 2.64 bits per heavy atom. The fraction of sp³-hybridized carbons (Fsp3) is 0.143. The molecular weight excluding hydrogens is 390 g/mol. The lowest BCUT2D eigenvalue weighted by atomic mass is 10.2. The molecule has 0 bridgehead atoms. The van der Waals surface area contributed by atoms with E-state index in [0.717, 1.165) is 10.0 Å². The van der Waals surface area contributed by atoms with Gasteiger partial charge in [0.2, 0.25) is 0 Å². The molecule has 0 N–H and O–H groups in total. The SMILES string of the molecule is Fc1cc(CBr)c(Br)cc1I. The Bertz CT molecular complexity index is 275. The largest absolute Gasteiger partial charge is 0.206 e. The fourth-order valence-corrected chi connectivity index (χ4v) is 2.88. The number of hydrogen-bond donors (Lipinski definition) is 0. The Kier molecular flexibility index (Phi) is 3.77. The maximum Gasteiger partial charge on any atom is 0.136 e. The van der Waals surface area contributed by atoms with Crippen LogP contribution < -0.4 is 0 Å². The number of rotatable bonds is 1. The fourth-order valence-electron chi connectivity index (χ4n) is 0.666. The summed E-state index contributed by atoms with van der Waals surface area (Å²) in [4.78, 5) is 0. The van der Waals surface area contributed by atoms with Crippen LogP contribution in [0.2, 0.25) is 0 Å². The van der Waals surface area contributed by atoms with E-state index in [1.165, 1.54) is 6.07 Å². The Labute approximate surface area is 95.0 Å². The van der Waals surface area contributed by atoms with Gasteiger partial charge in [0.25, 0.3) is 0 Å². The van der Waals surface area contributed by atoms with E-state index >= 15 is 0 Å². The van der Waals surface area contributed by atoms with Crippen molar-refractivity contribution in [2.24, 2.45) is 0 Å². The third-order valence-corrected chi connectivity index (χ3v) is 3.40. The first kappa shape index (κ1) is 9.92. The second-order valence-electron chi connectivity index (χ2n) is 1.99. The maximum atomic E-state index is 12.9. The highest BCUT2D eigenvalue weighted by atomic mass is 127. The molecule has 0 aliphatic rings. The smallest absolute Gasteiger partial charge is 0.136 e. The Hall–Kier alpha value is 0.840. The van der Waals surface area contributed by atoms with Crippen molar-refractivity contribution in [2.45, 2.75) is 5.33 Å². The normalized spacial score (nSPS) is 10.2. The number of hydrogen-bond acceptors (Lipinski definition) is 0. The van der Waals surface area contributed by atoms with Gasteiger partial charge in [0.05, 0.1) is 0 Å². The molecule has 0 aliphatic carbocycles. The molecule has 11 heavy (non-hydrogen) atoms. The van der Waals surface area contributed by atoms with E-state index in [9.17, 15) is 4.39 Å². The molecule has 0 fully saturated rings. The van der Waals surface area contributed by atoms with Crippen molar-refractivity contribution in [3.05, 3.63) is 31.6 Å². The highest BCUT2D eigenvalue weighted by Crippen LogP contribution is 2.24. The van der Waals surface area contributed by atoms with Gasteiger partial charge in [-0.05, 0) is 40.3 Å². The molecule has 60 valence electrons. The topological polar surface area (TPSA) is 0 Å². The van der Waals surface area contributed by atoms with Gasteiger partial charge in [-0.1, -0.05) is 31.9 Å². The van der Waals surface area contributed by atoms with Crippen LogP contribution in [0.3, 0.4) is 0 Å². The quantitative estimate of drug-likeness (QED) is 0.383. The standard InChI is InChI=1S/C7H4Br2FI/c8-3-4-1-6(10)7(11)2-5(4)9/h1-2H,3H2. The molecule has 0 unspecified atom stereocenters. The van der Waals surface area contributed by atoms with Gasteiger partial charge >= 0.3 is 0 Å². The summed E-state index contributed by atoms with van der Waals surface area (Å²) in [5, 5.41) is 0.668. The van der Waals surface area contributed by atoms with Crippen LogP contribution >= 0.6 is 54.5 Å². The minimum absolute atomic E-state index is 0.164. The molecule has 0 spiro atoms. The predicted octanol–water partition coefficient (Wildman–Crippen LogP) is 4.09. The van der Waals surface area contributed by atoms with Gasteiger partial charge in [-0.2, -0.15) is 0 Å². The van der Waals surface area contributed by atoms with Gasteiger partial charge in [-0.25, -0.2) is 4.39 Å². The predicted molar refractivity (Wildman–Crippen MR) is 59.4 cm³/mol. The Morgan fingerprint density at radius 1 is 1.45 bits per heavy atom. The van der Waals surface area contributed by atoms with Crippen LogP contribution in [0.15, 0.2) is 16.6 Å². The van der Waals surface area contributed by atoms with Crippen molar-refractivity contribution in [2.75, 3.05) is 0 Å². The van der Waals surface area contributed by atoms with E-state index in [-0.39, 0.29) is 5.82 Å². The number of alkyl halides is 1. The van der Waals surface area contributed by atoms with E-state index < -0.39 is 0 Å². The van der Waals surface area contributed by atoms with Crippen LogP contribution in [0.5, 0.6) is 0 Å². The zero-order valence-corrected chi connectivity index (χ0v) is 10.7. The third kappa shape index (κ3) is 2.39. The second kappa shape index (κ2) is 4.18. The van der Waals surface area contributed by atoms with Crippen LogP contribution in [0.1, 0.15) is 5.56 Å². The number of benzene rings is 1. The number of halogens is 4. The second-order valence-corrected chi connectivity index (χ2v) is 4.57. The first-order chi connectivity index (χ1) is 5.15. The van der Waals surface area contributed by atoms with Crippen LogP contribution in [0, 0.1) is 9.39 Å². The van der Waals surface area contributed by atoms with Crippen molar-refractivity contribution in [1.29, 1.82) is 0 Å². The van der Waals surface area contributed by atoms with Crippen LogP contribution in [0.25, 0.3) is 0 Å². The lowest BCUT2D eigenvalue weighted by molar-refractivity contribution is 0.618. The minimum atomic E-state index is -0.164. The summed E-state index contributed by atoms with van der Waals surface area (Å²) in [5.74, 6) is -0.164. The van der Waals surface area contributed by atoms with Gasteiger partial charge in [0, 0.05) is 13.4 Å². The molecule has 1 aromatic rings. The van der Waals surface area contributed by atoms with E-state index in [1.807, 2.05) is 22.6 Å². The lowest BCUT2D eigenvalue weighted by Gasteiger charge is -2.01. The molecule has 0 saturated heterocycles. The van der Waals surface area contributed by atoms with Gasteiger partial charge in [-0.15, -0.1) is 0 Å². The molecule has 1 aromatic carbocycles. The third-order valence-electron chi connectivity index (χ3n) is 1.23. The first-order valence-corrected chi connectivity index (χ1v) is 5.84. The highest BCUT2D eigenvalue weighted by molar-refractivity contribution is 14.1. The average Bonchev–Trinajstić information content (AvgIpc) is 1.97. The van der Waals surface area contributed by atoms with E-state index in [1.54, 1.807) is 6.07 Å². The molecule has 0 amide bonds. The zero-order valence-electron chi connectivity index (χ0n) is 5.37. The van der Waals surface area contributed by atoms with Crippen molar-refractivity contribution in [1.82, 2.24) is 0 Å². The van der Waals surface area contributed by atoms with Gasteiger partial charge in [0.1, 0.15) is 5.82 Å². The molecular formula is C7H4Br2FI. The summed E-state index contributed by atoms with van der Waals surface area (Å²) in [6.45, 7) is 0. The van der Waals surface area contributed by atoms with E-state index in [0.29, 0.717) is 8.90 Å². The minimum Gasteiger partial charge on any atom is -0.206 e. The van der Waals surface area contributed by atoms with Crippen molar-refractivity contribution in [3.63, 3.8) is 0 Å². The summed E-state index contributed by atoms with van der Waals surface area (Å²) in [6.07, 6.45) is 0. The maximum absolute atomic E-state index is 12.9. The molecule has 0 aliphatic heterocycles. The molecule has 0 heterocycles. The summed E-state index contributed by atoms with van der Waals surface area (Å²) >= 11 is 8.57. The molecule has 0 atom stereocenters. The van der Waals surface area contributed by atoms with Crippen LogP contribution in [-0.2, 0) is 5.33 Å². The molecule has 0 nitrogen and oxygen atoms in total. The van der Waals surface area contributed by atoms with E-state index in [2.05, 4.69) is 31.9 Å². The van der Waals surface area contributed by atoms with Crippen molar-refractivity contribution in [3.8, 4) is 0 Å². The van der Waals surface area contributed by atoms with Gasteiger partial charge in [-0.3, -0.25) is 0 Å². The van der Waals surface area contributed by atoms with Gasteiger partial charge < -0.3 is 0 Å². The van der Waals surface area contributed by atoms with Crippen LogP contribution in [-0.4, -0.2) is 0 Å². The Balaban J connectivity index is 3.21. The lowest BCUT2D eigenvalue weighted by Crippen LogP contribution is -1.87. The highest BCUT2D eigenvalue weighted by Gasteiger charge is 2.04. The summed E-state index contributed by atoms with van der Waals surface area (Å²) in [7, 11) is 0. The average molecular weight is 394 g/mol. The van der Waals surface area contributed by atoms with Gasteiger partial charge in [0.15, 0.2) is 0 Å². The Morgan fingerprint density at radius 2 is 2.09 bits per heavy atom. The molecule has 1 rings (SSSR count). The monoisotopic (exact) mass is 392 g/mol. The summed E-state index contributed by atoms with van der Waals surface area (Å²) < 4.78 is 14.5. The van der Waals surface area contributed by atoms with Crippen molar-refractivity contribution < 1.29 is 4.39 Å².